The minimum absolute atomic E-state index is 0.800. The number of unbranched alkanes of at least 4 members (excludes halogenated alkanes) is 3. The van der Waals surface area contributed by atoms with E-state index in [1.807, 2.05) is 0 Å². The van der Waals surface area contributed by atoms with E-state index in [-0.39, 0.29) is 0 Å². The summed E-state index contributed by atoms with van der Waals surface area (Å²) in [5.74, 6) is 4.38. The highest BCUT2D eigenvalue weighted by molar-refractivity contribution is 5.05. The molecule has 0 atom stereocenters. The van der Waals surface area contributed by atoms with Crippen molar-refractivity contribution in [3.05, 3.63) is 0 Å². The van der Waals surface area contributed by atoms with Crippen molar-refractivity contribution in [1.82, 2.24) is 0 Å². The lowest BCUT2D eigenvalue weighted by Gasteiger charge is -2.60. The molecule has 0 heterocycles. The van der Waals surface area contributed by atoms with Crippen LogP contribution < -0.4 is 0 Å². The molecule has 0 amide bonds. The van der Waals surface area contributed by atoms with Gasteiger partial charge in [-0.25, -0.2) is 0 Å². The van der Waals surface area contributed by atoms with Crippen LogP contribution in [0.25, 0.3) is 0 Å². The lowest BCUT2D eigenvalue weighted by atomic mass is 9.45. The van der Waals surface area contributed by atoms with Crippen molar-refractivity contribution >= 4 is 0 Å². The fourth-order valence-corrected chi connectivity index (χ4v) is 8.77. The zero-order chi connectivity index (χ0) is 20.2. The van der Waals surface area contributed by atoms with Crippen LogP contribution in [-0.4, -0.2) is 0 Å². The summed E-state index contributed by atoms with van der Waals surface area (Å²) in [4.78, 5) is 0. The first kappa shape index (κ1) is 22.2. The molecule has 168 valence electrons. The van der Waals surface area contributed by atoms with Crippen LogP contribution in [0, 0.1) is 34.5 Å². The zero-order valence-corrected chi connectivity index (χ0v) is 20.2. The SMILES string of the molecule is CCCCCC1CCC(C23CCC([C@H]4CC[C@H](CCCC)CC4)(CC2)CC3)CC1. The summed E-state index contributed by atoms with van der Waals surface area (Å²) in [5, 5.41) is 0. The molecule has 5 aliphatic carbocycles. The number of fused-ring (bicyclic) bond motifs is 3. The summed E-state index contributed by atoms with van der Waals surface area (Å²) in [5.41, 5.74) is 1.60. The second-order valence-corrected chi connectivity index (χ2v) is 12.3. The molecule has 0 saturated heterocycles. The van der Waals surface area contributed by atoms with Crippen molar-refractivity contribution < 1.29 is 0 Å². The summed E-state index contributed by atoms with van der Waals surface area (Å²) in [7, 11) is 0. The molecule has 5 rings (SSSR count). The van der Waals surface area contributed by atoms with Gasteiger partial charge in [-0.05, 0) is 98.7 Å². The Kier molecular flexibility index (Phi) is 7.72. The summed E-state index contributed by atoms with van der Waals surface area (Å²) in [6.45, 7) is 4.71. The minimum atomic E-state index is 0.800. The number of hydrogen-bond donors (Lipinski definition) is 0. The molecule has 0 spiro atoms. The smallest absolute Gasteiger partial charge is 0.0269 e. The van der Waals surface area contributed by atoms with E-state index in [1.54, 1.807) is 89.9 Å². The van der Waals surface area contributed by atoms with E-state index in [4.69, 9.17) is 0 Å². The molecular formula is C29H52. The van der Waals surface area contributed by atoms with Gasteiger partial charge in [-0.1, -0.05) is 84.5 Å². The molecule has 5 aliphatic rings. The largest absolute Gasteiger partial charge is 0.0654 e. The summed E-state index contributed by atoms with van der Waals surface area (Å²) >= 11 is 0. The van der Waals surface area contributed by atoms with Crippen LogP contribution in [0.1, 0.15) is 149 Å². The van der Waals surface area contributed by atoms with Gasteiger partial charge in [-0.15, -0.1) is 0 Å². The summed E-state index contributed by atoms with van der Waals surface area (Å²) in [6.07, 6.45) is 32.6. The van der Waals surface area contributed by atoms with Crippen LogP contribution in [0.3, 0.4) is 0 Å². The molecule has 0 aliphatic heterocycles. The Morgan fingerprint density at radius 2 is 0.862 bits per heavy atom. The molecule has 5 fully saturated rings. The van der Waals surface area contributed by atoms with Crippen molar-refractivity contribution in [2.75, 3.05) is 0 Å². The predicted octanol–water partition coefficient (Wildman–Crippen LogP) is 9.71. The fourth-order valence-electron chi connectivity index (χ4n) is 8.77. The Morgan fingerprint density at radius 3 is 1.24 bits per heavy atom. The second-order valence-electron chi connectivity index (χ2n) is 12.3. The van der Waals surface area contributed by atoms with Gasteiger partial charge in [0.15, 0.2) is 0 Å². The van der Waals surface area contributed by atoms with E-state index < -0.39 is 0 Å². The lowest BCUT2D eigenvalue weighted by Crippen LogP contribution is -2.49. The summed E-state index contributed by atoms with van der Waals surface area (Å²) < 4.78 is 0. The number of rotatable bonds is 9. The topological polar surface area (TPSA) is 0 Å². The van der Waals surface area contributed by atoms with Crippen LogP contribution in [0.4, 0.5) is 0 Å². The van der Waals surface area contributed by atoms with Crippen LogP contribution in [0.2, 0.25) is 0 Å². The van der Waals surface area contributed by atoms with Crippen molar-refractivity contribution in [2.24, 2.45) is 34.5 Å². The van der Waals surface area contributed by atoms with E-state index in [9.17, 15) is 0 Å². The molecule has 0 aromatic rings. The standard InChI is InChI=1S/C29H52/c1-3-5-7-9-25-12-16-27(17-13-25)29-21-18-28(19-22-29,20-23-29)26-14-10-24(11-15-26)8-6-4-2/h24-27H,3-23H2,1-2H3/t24-,25?,26-,27?,28?,29?. The molecular weight excluding hydrogens is 348 g/mol. The molecule has 29 heavy (non-hydrogen) atoms. The highest BCUT2D eigenvalue weighted by atomic mass is 14.6. The maximum atomic E-state index is 2.36. The highest BCUT2D eigenvalue weighted by Crippen LogP contribution is 2.66. The highest BCUT2D eigenvalue weighted by Gasteiger charge is 2.54. The van der Waals surface area contributed by atoms with Gasteiger partial charge in [-0.2, -0.15) is 0 Å². The average Bonchev–Trinajstić information content (AvgIpc) is 2.80. The molecule has 0 radical (unpaired) electrons. The van der Waals surface area contributed by atoms with Crippen LogP contribution in [0.5, 0.6) is 0 Å². The first-order valence-electron chi connectivity index (χ1n) is 14.2. The second kappa shape index (κ2) is 10.1. The maximum absolute atomic E-state index is 2.36. The Labute approximate surface area is 183 Å². The fraction of sp³-hybridized carbons (Fsp3) is 1.00. The van der Waals surface area contributed by atoms with Crippen molar-refractivity contribution in [2.45, 2.75) is 149 Å². The normalized spacial score (nSPS) is 42.8. The molecule has 5 saturated carbocycles. The van der Waals surface area contributed by atoms with Crippen LogP contribution in [0.15, 0.2) is 0 Å². The van der Waals surface area contributed by atoms with Gasteiger partial charge in [-0.3, -0.25) is 0 Å². The third-order valence-electron chi connectivity index (χ3n) is 11.0. The van der Waals surface area contributed by atoms with E-state index in [0.29, 0.717) is 0 Å². The van der Waals surface area contributed by atoms with E-state index in [1.165, 1.54) is 44.9 Å². The Hall–Kier alpha value is 0. The van der Waals surface area contributed by atoms with Crippen LogP contribution in [-0.2, 0) is 0 Å². The molecule has 0 unspecified atom stereocenters. The molecule has 0 aromatic heterocycles. The lowest BCUT2D eigenvalue weighted by molar-refractivity contribution is -0.0960. The first-order chi connectivity index (χ1) is 14.2. The quantitative estimate of drug-likeness (QED) is 0.338. The van der Waals surface area contributed by atoms with Crippen molar-refractivity contribution in [3.8, 4) is 0 Å². The molecule has 0 aromatic carbocycles. The molecule has 0 heteroatoms. The third-order valence-corrected chi connectivity index (χ3v) is 11.0. The zero-order valence-electron chi connectivity index (χ0n) is 20.2. The van der Waals surface area contributed by atoms with Gasteiger partial charge in [0, 0.05) is 0 Å². The predicted molar refractivity (Wildman–Crippen MR) is 127 cm³/mol. The Bertz CT molecular complexity index is 450. The van der Waals surface area contributed by atoms with Gasteiger partial charge in [0.2, 0.25) is 0 Å². The Balaban J connectivity index is 1.24. The van der Waals surface area contributed by atoms with Gasteiger partial charge in [0.25, 0.3) is 0 Å². The number of hydrogen-bond acceptors (Lipinski definition) is 0. The van der Waals surface area contributed by atoms with Gasteiger partial charge < -0.3 is 0 Å². The monoisotopic (exact) mass is 400 g/mol. The van der Waals surface area contributed by atoms with Crippen LogP contribution >= 0.6 is 0 Å². The summed E-state index contributed by atoms with van der Waals surface area (Å²) in [6, 6.07) is 0. The van der Waals surface area contributed by atoms with E-state index in [2.05, 4.69) is 13.8 Å². The maximum Gasteiger partial charge on any atom is -0.0269 e. The van der Waals surface area contributed by atoms with Gasteiger partial charge >= 0.3 is 0 Å². The van der Waals surface area contributed by atoms with Gasteiger partial charge in [0.1, 0.15) is 0 Å². The molecule has 2 bridgehead atoms. The molecule has 0 N–H and O–H groups in total. The Morgan fingerprint density at radius 1 is 0.483 bits per heavy atom. The van der Waals surface area contributed by atoms with Crippen molar-refractivity contribution in [3.63, 3.8) is 0 Å². The van der Waals surface area contributed by atoms with E-state index >= 15 is 0 Å². The third kappa shape index (κ3) is 4.92. The molecule has 0 nitrogen and oxygen atoms in total. The average molecular weight is 401 g/mol. The van der Waals surface area contributed by atoms with Crippen molar-refractivity contribution in [1.29, 1.82) is 0 Å². The minimum Gasteiger partial charge on any atom is -0.0654 e. The first-order valence-corrected chi connectivity index (χ1v) is 14.2. The van der Waals surface area contributed by atoms with E-state index in [0.717, 1.165) is 34.5 Å². The van der Waals surface area contributed by atoms with Gasteiger partial charge in [0.05, 0.1) is 0 Å².